The number of allylic oxidation sites excluding steroid dienone is 2. The monoisotopic (exact) mass is 408 g/mol. The number of nitrogens with one attached hydrogen (secondary N) is 2. The van der Waals surface area contributed by atoms with Crippen molar-refractivity contribution < 1.29 is 22.7 Å². The number of aliphatic hydroxyl groups is 1. The van der Waals surface area contributed by atoms with Crippen molar-refractivity contribution in [3.63, 3.8) is 0 Å². The number of hydrogen-bond acceptors (Lipinski definition) is 4. The SMILES string of the molecule is Cc1cc(NC(=O)C2C=C(S(=O)(=O)NC3CCCC(O)C3)C=CC2)ccc1F. The van der Waals surface area contributed by atoms with Crippen molar-refractivity contribution in [2.24, 2.45) is 5.92 Å². The van der Waals surface area contributed by atoms with E-state index in [1.54, 1.807) is 13.0 Å². The molecule has 152 valence electrons. The maximum absolute atomic E-state index is 13.4. The van der Waals surface area contributed by atoms with Gasteiger partial charge in [0.25, 0.3) is 0 Å². The van der Waals surface area contributed by atoms with E-state index in [-0.39, 0.29) is 22.7 Å². The lowest BCUT2D eigenvalue weighted by molar-refractivity contribution is -0.118. The minimum Gasteiger partial charge on any atom is -0.393 e. The number of rotatable bonds is 5. The summed E-state index contributed by atoms with van der Waals surface area (Å²) >= 11 is 0. The number of halogens is 1. The van der Waals surface area contributed by atoms with Gasteiger partial charge in [-0.25, -0.2) is 17.5 Å². The van der Waals surface area contributed by atoms with Gasteiger partial charge in [0, 0.05) is 11.7 Å². The second kappa shape index (κ2) is 8.55. The summed E-state index contributed by atoms with van der Waals surface area (Å²) in [6.45, 7) is 1.60. The molecule has 0 spiro atoms. The molecule has 1 saturated carbocycles. The Labute approximate surface area is 164 Å². The highest BCUT2D eigenvalue weighted by molar-refractivity contribution is 7.93. The quantitative estimate of drug-likeness (QED) is 0.698. The first-order valence-corrected chi connectivity index (χ1v) is 10.9. The maximum Gasteiger partial charge on any atom is 0.240 e. The zero-order valence-electron chi connectivity index (χ0n) is 15.7. The maximum atomic E-state index is 13.4. The molecule has 3 atom stereocenters. The lowest BCUT2D eigenvalue weighted by Gasteiger charge is -2.27. The van der Waals surface area contributed by atoms with Gasteiger partial charge in [0.15, 0.2) is 0 Å². The topological polar surface area (TPSA) is 95.5 Å². The fourth-order valence-corrected chi connectivity index (χ4v) is 4.94. The third-order valence-electron chi connectivity index (χ3n) is 5.08. The lowest BCUT2D eigenvalue weighted by Crippen LogP contribution is -2.40. The molecule has 28 heavy (non-hydrogen) atoms. The summed E-state index contributed by atoms with van der Waals surface area (Å²) in [7, 11) is -3.77. The summed E-state index contributed by atoms with van der Waals surface area (Å²) in [5, 5.41) is 12.4. The Kier molecular flexibility index (Phi) is 6.32. The van der Waals surface area contributed by atoms with Crippen molar-refractivity contribution in [3.05, 3.63) is 52.7 Å². The van der Waals surface area contributed by atoms with E-state index in [4.69, 9.17) is 0 Å². The number of carbonyl (C=O) groups is 1. The molecule has 6 nitrogen and oxygen atoms in total. The zero-order chi connectivity index (χ0) is 20.3. The molecule has 1 fully saturated rings. The van der Waals surface area contributed by atoms with Crippen LogP contribution in [-0.2, 0) is 14.8 Å². The second-order valence-electron chi connectivity index (χ2n) is 7.41. The molecule has 1 amide bonds. The van der Waals surface area contributed by atoms with E-state index in [2.05, 4.69) is 10.0 Å². The highest BCUT2D eigenvalue weighted by Crippen LogP contribution is 2.25. The Bertz CT molecular complexity index is 911. The Morgan fingerprint density at radius 2 is 2.07 bits per heavy atom. The number of benzene rings is 1. The zero-order valence-corrected chi connectivity index (χ0v) is 16.5. The number of anilines is 1. The van der Waals surface area contributed by atoms with Gasteiger partial charge in [-0.2, -0.15) is 0 Å². The molecule has 2 aliphatic rings. The van der Waals surface area contributed by atoms with Crippen molar-refractivity contribution in [2.45, 2.75) is 51.2 Å². The van der Waals surface area contributed by atoms with Crippen LogP contribution in [0, 0.1) is 18.7 Å². The van der Waals surface area contributed by atoms with Crippen LogP contribution in [0.1, 0.15) is 37.7 Å². The van der Waals surface area contributed by atoms with Crippen LogP contribution in [0.3, 0.4) is 0 Å². The average molecular weight is 408 g/mol. The highest BCUT2D eigenvalue weighted by atomic mass is 32.2. The fourth-order valence-electron chi connectivity index (χ4n) is 3.53. The molecule has 8 heteroatoms. The van der Waals surface area contributed by atoms with Gasteiger partial charge in [0.05, 0.1) is 16.9 Å². The molecule has 0 aliphatic heterocycles. The summed E-state index contributed by atoms with van der Waals surface area (Å²) in [5.41, 5.74) is 0.879. The van der Waals surface area contributed by atoms with Crippen LogP contribution in [0.5, 0.6) is 0 Å². The van der Waals surface area contributed by atoms with E-state index in [0.717, 1.165) is 6.42 Å². The summed E-state index contributed by atoms with van der Waals surface area (Å²) in [4.78, 5) is 12.6. The van der Waals surface area contributed by atoms with Crippen LogP contribution in [0.2, 0.25) is 0 Å². The number of aryl methyl sites for hydroxylation is 1. The summed E-state index contributed by atoms with van der Waals surface area (Å²) < 4.78 is 41.4. The van der Waals surface area contributed by atoms with Crippen LogP contribution in [0.4, 0.5) is 10.1 Å². The third kappa shape index (κ3) is 5.06. The fraction of sp³-hybridized carbons (Fsp3) is 0.450. The van der Waals surface area contributed by atoms with E-state index in [0.29, 0.717) is 36.9 Å². The van der Waals surface area contributed by atoms with Gasteiger partial charge in [-0.15, -0.1) is 0 Å². The molecular formula is C20H25FN2O4S. The minimum atomic E-state index is -3.77. The van der Waals surface area contributed by atoms with E-state index < -0.39 is 22.0 Å². The Hall–Kier alpha value is -2.03. The van der Waals surface area contributed by atoms with Gasteiger partial charge in [-0.05, 0) is 68.9 Å². The molecular weight excluding hydrogens is 383 g/mol. The first kappa shape index (κ1) is 20.7. The summed E-state index contributed by atoms with van der Waals surface area (Å²) in [6, 6.07) is 3.97. The second-order valence-corrected chi connectivity index (χ2v) is 9.12. The third-order valence-corrected chi connectivity index (χ3v) is 6.61. The Morgan fingerprint density at radius 3 is 2.79 bits per heavy atom. The summed E-state index contributed by atoms with van der Waals surface area (Å²) in [5.74, 6) is -1.35. The van der Waals surface area contributed by atoms with Gasteiger partial charge >= 0.3 is 0 Å². The Balaban J connectivity index is 1.69. The van der Waals surface area contributed by atoms with Crippen LogP contribution < -0.4 is 10.0 Å². The molecule has 0 radical (unpaired) electrons. The van der Waals surface area contributed by atoms with Gasteiger partial charge in [-0.3, -0.25) is 4.79 Å². The lowest BCUT2D eigenvalue weighted by atomic mass is 9.94. The first-order chi connectivity index (χ1) is 13.2. The van der Waals surface area contributed by atoms with Crippen molar-refractivity contribution in [1.29, 1.82) is 0 Å². The smallest absolute Gasteiger partial charge is 0.240 e. The minimum absolute atomic E-state index is 0.0502. The van der Waals surface area contributed by atoms with Gasteiger partial charge in [0.1, 0.15) is 5.82 Å². The van der Waals surface area contributed by atoms with Gasteiger partial charge in [0.2, 0.25) is 15.9 Å². The molecule has 2 aliphatic carbocycles. The number of carbonyl (C=O) groups excluding carboxylic acids is 1. The van der Waals surface area contributed by atoms with Gasteiger partial charge in [-0.1, -0.05) is 12.2 Å². The number of amides is 1. The van der Waals surface area contributed by atoms with Crippen LogP contribution in [0.25, 0.3) is 0 Å². The van der Waals surface area contributed by atoms with Crippen molar-refractivity contribution in [3.8, 4) is 0 Å². The number of aliphatic hydroxyl groups excluding tert-OH is 1. The molecule has 0 aromatic heterocycles. The highest BCUT2D eigenvalue weighted by Gasteiger charge is 2.28. The normalized spacial score (nSPS) is 25.2. The van der Waals surface area contributed by atoms with Crippen LogP contribution in [0.15, 0.2) is 41.3 Å². The molecule has 0 heterocycles. The molecule has 0 bridgehead atoms. The number of hydrogen-bond donors (Lipinski definition) is 3. The molecule has 3 unspecified atom stereocenters. The van der Waals surface area contributed by atoms with Crippen molar-refractivity contribution in [2.75, 3.05) is 5.32 Å². The predicted octanol–water partition coefficient (Wildman–Crippen LogP) is 2.76. The van der Waals surface area contributed by atoms with Crippen LogP contribution in [-0.4, -0.2) is 31.6 Å². The molecule has 1 aromatic carbocycles. The van der Waals surface area contributed by atoms with Crippen molar-refractivity contribution >= 4 is 21.6 Å². The first-order valence-electron chi connectivity index (χ1n) is 9.40. The standard InChI is InChI=1S/C20H25FN2O4S/c1-13-10-15(8-9-19(13)21)22-20(25)14-4-2-7-18(11-14)28(26,27)23-16-5-3-6-17(24)12-16/h2,7-11,14,16-17,23-24H,3-6,12H2,1H3,(H,22,25). The molecule has 0 saturated heterocycles. The molecule has 3 rings (SSSR count). The van der Waals surface area contributed by atoms with E-state index in [1.807, 2.05) is 0 Å². The molecule has 1 aromatic rings. The van der Waals surface area contributed by atoms with E-state index in [9.17, 15) is 22.7 Å². The Morgan fingerprint density at radius 1 is 1.29 bits per heavy atom. The average Bonchev–Trinajstić information content (AvgIpc) is 2.64. The predicted molar refractivity (Wildman–Crippen MR) is 105 cm³/mol. The summed E-state index contributed by atoms with van der Waals surface area (Å²) in [6.07, 6.45) is 7.01. The van der Waals surface area contributed by atoms with Crippen LogP contribution >= 0.6 is 0 Å². The number of sulfonamides is 1. The van der Waals surface area contributed by atoms with E-state index >= 15 is 0 Å². The molecule has 3 N–H and O–H groups in total. The van der Waals surface area contributed by atoms with Gasteiger partial charge < -0.3 is 10.4 Å². The van der Waals surface area contributed by atoms with E-state index in [1.165, 1.54) is 30.4 Å². The largest absolute Gasteiger partial charge is 0.393 e. The van der Waals surface area contributed by atoms with Crippen molar-refractivity contribution in [1.82, 2.24) is 4.72 Å².